The zero-order valence-corrected chi connectivity index (χ0v) is 9.42. The summed E-state index contributed by atoms with van der Waals surface area (Å²) in [5.74, 6) is 3.85. The minimum absolute atomic E-state index is 0.384. The van der Waals surface area contributed by atoms with Gasteiger partial charge in [-0.05, 0) is 5.56 Å². The van der Waals surface area contributed by atoms with E-state index in [-0.39, 0.29) is 6.54 Å². The summed E-state index contributed by atoms with van der Waals surface area (Å²) < 4.78 is 0. The number of hydrazine groups is 1. The molecule has 1 saturated heterocycles. The summed E-state index contributed by atoms with van der Waals surface area (Å²) in [6, 6.07) is 7.46. The maximum Gasteiger partial charge on any atom is 0.325 e. The van der Waals surface area contributed by atoms with Crippen LogP contribution in [0.25, 0.3) is 0 Å². The molecule has 94 valence electrons. The Morgan fingerprint density at radius 2 is 2.00 bits per heavy atom. The summed E-state index contributed by atoms with van der Waals surface area (Å²) in [6.45, 7) is -0.384. The fourth-order valence-electron chi connectivity index (χ4n) is 1.73. The molecule has 7 heteroatoms. The van der Waals surface area contributed by atoms with Crippen molar-refractivity contribution in [3.05, 3.63) is 35.9 Å². The Morgan fingerprint density at radius 1 is 1.33 bits per heavy atom. The average molecular weight is 248 g/mol. The third-order valence-corrected chi connectivity index (χ3v) is 2.62. The van der Waals surface area contributed by atoms with E-state index in [1.165, 1.54) is 0 Å². The van der Waals surface area contributed by atoms with E-state index in [0.717, 1.165) is 4.90 Å². The van der Waals surface area contributed by atoms with Gasteiger partial charge in [0.15, 0.2) is 0 Å². The minimum atomic E-state index is -0.746. The standard InChI is InChI=1S/C11H12N4O3/c12-14-8(16)6-15-10(17)9(13-11(15)18)7-4-2-1-3-5-7/h1-5,9H,6,12H2,(H,13,18)(H,14,16). The molecule has 0 saturated carbocycles. The third-order valence-electron chi connectivity index (χ3n) is 2.62. The van der Waals surface area contributed by atoms with Crippen LogP contribution in [0.1, 0.15) is 11.6 Å². The van der Waals surface area contributed by atoms with Crippen molar-refractivity contribution in [2.75, 3.05) is 6.54 Å². The maximum absolute atomic E-state index is 12.0. The van der Waals surface area contributed by atoms with Crippen molar-refractivity contribution in [2.24, 2.45) is 5.84 Å². The number of nitrogens with zero attached hydrogens (tertiary/aromatic N) is 1. The van der Waals surface area contributed by atoms with Gasteiger partial charge in [0.1, 0.15) is 12.6 Å². The van der Waals surface area contributed by atoms with Gasteiger partial charge in [0.2, 0.25) is 0 Å². The van der Waals surface area contributed by atoms with Crippen LogP contribution in [-0.2, 0) is 9.59 Å². The molecule has 1 aromatic carbocycles. The number of benzene rings is 1. The summed E-state index contributed by atoms with van der Waals surface area (Å²) in [7, 11) is 0. The van der Waals surface area contributed by atoms with Gasteiger partial charge >= 0.3 is 6.03 Å². The average Bonchev–Trinajstić information content (AvgIpc) is 2.67. The first-order chi connectivity index (χ1) is 8.63. The van der Waals surface area contributed by atoms with Gasteiger partial charge < -0.3 is 5.32 Å². The molecule has 0 radical (unpaired) electrons. The van der Waals surface area contributed by atoms with Crippen LogP contribution < -0.4 is 16.6 Å². The SMILES string of the molecule is NNC(=O)CN1C(=O)NC(c2ccccc2)C1=O. The molecule has 0 aliphatic carbocycles. The number of carbonyl (C=O) groups excluding carboxylic acids is 3. The van der Waals surface area contributed by atoms with Gasteiger partial charge in [0, 0.05) is 0 Å². The van der Waals surface area contributed by atoms with Crippen molar-refractivity contribution in [3.63, 3.8) is 0 Å². The molecule has 1 aliphatic rings. The van der Waals surface area contributed by atoms with Gasteiger partial charge in [-0.15, -0.1) is 0 Å². The molecule has 7 nitrogen and oxygen atoms in total. The number of hydrogen-bond donors (Lipinski definition) is 3. The highest BCUT2D eigenvalue weighted by atomic mass is 16.2. The molecule has 1 atom stereocenters. The molecule has 1 unspecified atom stereocenters. The van der Waals surface area contributed by atoms with E-state index in [2.05, 4.69) is 5.32 Å². The van der Waals surface area contributed by atoms with Crippen molar-refractivity contribution in [1.82, 2.24) is 15.6 Å². The first kappa shape index (κ1) is 12.1. The largest absolute Gasteiger partial charge is 0.325 e. The normalized spacial score (nSPS) is 18.7. The van der Waals surface area contributed by atoms with Gasteiger partial charge in [-0.25, -0.2) is 10.6 Å². The number of urea groups is 1. The van der Waals surface area contributed by atoms with Gasteiger partial charge in [-0.2, -0.15) is 0 Å². The number of nitrogens with one attached hydrogen (secondary N) is 2. The molecule has 1 aromatic rings. The minimum Gasteiger partial charge on any atom is -0.322 e. The third kappa shape index (κ3) is 2.16. The van der Waals surface area contributed by atoms with E-state index in [9.17, 15) is 14.4 Å². The topological polar surface area (TPSA) is 105 Å². The Bertz CT molecular complexity index is 488. The maximum atomic E-state index is 12.0. The summed E-state index contributed by atoms with van der Waals surface area (Å²) in [5.41, 5.74) is 2.55. The summed E-state index contributed by atoms with van der Waals surface area (Å²) in [6.07, 6.45) is 0. The van der Waals surface area contributed by atoms with Crippen LogP contribution in [0, 0.1) is 0 Å². The molecule has 1 heterocycles. The van der Waals surface area contributed by atoms with Crippen molar-refractivity contribution < 1.29 is 14.4 Å². The lowest BCUT2D eigenvalue weighted by Crippen LogP contribution is -2.43. The van der Waals surface area contributed by atoms with Crippen LogP contribution in [0.5, 0.6) is 0 Å². The first-order valence-corrected chi connectivity index (χ1v) is 5.29. The predicted molar refractivity (Wildman–Crippen MR) is 61.8 cm³/mol. The van der Waals surface area contributed by atoms with Crippen LogP contribution >= 0.6 is 0 Å². The lowest BCUT2D eigenvalue weighted by molar-refractivity contribution is -0.132. The first-order valence-electron chi connectivity index (χ1n) is 5.29. The summed E-state index contributed by atoms with van der Waals surface area (Å²) in [5, 5.41) is 2.52. The number of hydrogen-bond acceptors (Lipinski definition) is 4. The van der Waals surface area contributed by atoms with Crippen molar-refractivity contribution in [2.45, 2.75) is 6.04 Å². The van der Waals surface area contributed by atoms with Crippen molar-refractivity contribution in [1.29, 1.82) is 0 Å². The monoisotopic (exact) mass is 248 g/mol. The highest BCUT2D eigenvalue weighted by molar-refractivity contribution is 6.06. The molecule has 2 rings (SSSR count). The second-order valence-corrected chi connectivity index (χ2v) is 3.79. The van der Waals surface area contributed by atoms with Gasteiger partial charge in [-0.3, -0.25) is 19.9 Å². The zero-order chi connectivity index (χ0) is 13.1. The van der Waals surface area contributed by atoms with Crippen molar-refractivity contribution in [3.8, 4) is 0 Å². The van der Waals surface area contributed by atoms with Crippen LogP contribution in [0.3, 0.4) is 0 Å². The van der Waals surface area contributed by atoms with E-state index in [0.29, 0.717) is 5.56 Å². The Kier molecular flexibility index (Phi) is 3.24. The number of imide groups is 1. The van der Waals surface area contributed by atoms with Crippen molar-refractivity contribution >= 4 is 17.8 Å². The number of carbonyl (C=O) groups is 3. The van der Waals surface area contributed by atoms with Crippen LogP contribution in [-0.4, -0.2) is 29.3 Å². The molecule has 0 aromatic heterocycles. The number of amides is 4. The predicted octanol–water partition coefficient (Wildman–Crippen LogP) is -0.731. The number of rotatable bonds is 3. The molecule has 4 amide bonds. The number of nitrogens with two attached hydrogens (primary N) is 1. The second kappa shape index (κ2) is 4.84. The fourth-order valence-corrected chi connectivity index (χ4v) is 1.73. The smallest absolute Gasteiger partial charge is 0.322 e. The molecular formula is C11H12N4O3. The lowest BCUT2D eigenvalue weighted by atomic mass is 10.1. The fraction of sp³-hybridized carbons (Fsp3) is 0.182. The molecule has 4 N–H and O–H groups in total. The Balaban J connectivity index is 2.17. The summed E-state index contributed by atoms with van der Waals surface area (Å²) >= 11 is 0. The van der Waals surface area contributed by atoms with Crippen LogP contribution in [0.15, 0.2) is 30.3 Å². The Morgan fingerprint density at radius 3 is 2.61 bits per heavy atom. The van der Waals surface area contributed by atoms with Gasteiger partial charge in [0.25, 0.3) is 11.8 Å². The van der Waals surface area contributed by atoms with E-state index < -0.39 is 23.9 Å². The quantitative estimate of drug-likeness (QED) is 0.284. The molecule has 0 bridgehead atoms. The summed E-state index contributed by atoms with van der Waals surface area (Å²) in [4.78, 5) is 35.5. The zero-order valence-electron chi connectivity index (χ0n) is 9.42. The lowest BCUT2D eigenvalue weighted by Gasteiger charge is -2.11. The molecule has 1 fully saturated rings. The van der Waals surface area contributed by atoms with E-state index in [4.69, 9.17) is 5.84 Å². The highest BCUT2D eigenvalue weighted by Gasteiger charge is 2.39. The van der Waals surface area contributed by atoms with E-state index in [1.807, 2.05) is 11.5 Å². The molecule has 0 spiro atoms. The highest BCUT2D eigenvalue weighted by Crippen LogP contribution is 2.21. The molecule has 18 heavy (non-hydrogen) atoms. The van der Waals surface area contributed by atoms with E-state index in [1.54, 1.807) is 24.3 Å². The van der Waals surface area contributed by atoms with Gasteiger partial charge in [-0.1, -0.05) is 30.3 Å². The van der Waals surface area contributed by atoms with Crippen LogP contribution in [0.2, 0.25) is 0 Å². The molecule has 1 aliphatic heterocycles. The Labute approximate surface area is 103 Å². The van der Waals surface area contributed by atoms with Crippen LogP contribution in [0.4, 0.5) is 4.79 Å². The Hall–Kier alpha value is -2.41. The molecular weight excluding hydrogens is 236 g/mol. The van der Waals surface area contributed by atoms with E-state index >= 15 is 0 Å². The van der Waals surface area contributed by atoms with Gasteiger partial charge in [0.05, 0.1) is 0 Å². The second-order valence-electron chi connectivity index (χ2n) is 3.79.